The van der Waals surface area contributed by atoms with Crippen molar-refractivity contribution in [1.29, 1.82) is 0 Å². The molecule has 0 aliphatic rings. The predicted octanol–water partition coefficient (Wildman–Crippen LogP) is 3.57. The Labute approximate surface area is 144 Å². The second-order valence-corrected chi connectivity index (χ2v) is 5.18. The van der Waals surface area contributed by atoms with Gasteiger partial charge in [0.25, 0.3) is 0 Å². The number of methoxy groups -OCH3 is 1. The fourth-order valence-corrected chi connectivity index (χ4v) is 2.31. The van der Waals surface area contributed by atoms with Crippen LogP contribution in [0.2, 0.25) is 0 Å². The van der Waals surface area contributed by atoms with Crippen molar-refractivity contribution in [3.63, 3.8) is 0 Å². The van der Waals surface area contributed by atoms with E-state index in [4.69, 9.17) is 9.47 Å². The Morgan fingerprint density at radius 1 is 1.00 bits per heavy atom. The van der Waals surface area contributed by atoms with E-state index in [0.29, 0.717) is 11.4 Å². The van der Waals surface area contributed by atoms with E-state index < -0.39 is 12.1 Å². The summed E-state index contributed by atoms with van der Waals surface area (Å²) in [6.45, 7) is 0. The smallest absolute Gasteiger partial charge is 0.358 e. The summed E-state index contributed by atoms with van der Waals surface area (Å²) < 4.78 is 23.9. The number of aromatic nitrogens is 2. The maximum Gasteiger partial charge on any atom is 0.358 e. The van der Waals surface area contributed by atoms with Gasteiger partial charge in [-0.05, 0) is 35.9 Å². The van der Waals surface area contributed by atoms with Gasteiger partial charge in [0.1, 0.15) is 5.82 Å². The normalized spacial score (nSPS) is 11.6. The number of benzene rings is 1. The summed E-state index contributed by atoms with van der Waals surface area (Å²) in [5, 5.41) is 0. The van der Waals surface area contributed by atoms with Crippen molar-refractivity contribution in [1.82, 2.24) is 9.97 Å². The molecule has 1 aromatic carbocycles. The topological polar surface area (TPSA) is 61.3 Å². The van der Waals surface area contributed by atoms with E-state index in [1.165, 1.54) is 19.2 Å². The number of ether oxygens (including phenoxy) is 2. The van der Waals surface area contributed by atoms with Gasteiger partial charge in [-0.1, -0.05) is 18.2 Å². The average Bonchev–Trinajstić information content (AvgIpc) is 2.67. The molecule has 25 heavy (non-hydrogen) atoms. The van der Waals surface area contributed by atoms with Gasteiger partial charge in [0.2, 0.25) is 5.88 Å². The zero-order valence-corrected chi connectivity index (χ0v) is 13.4. The number of hydrogen-bond donors (Lipinski definition) is 0. The maximum atomic E-state index is 13.2. The highest BCUT2D eigenvalue weighted by Crippen LogP contribution is 2.27. The molecule has 126 valence electrons. The predicted molar refractivity (Wildman–Crippen MR) is 88.7 cm³/mol. The van der Waals surface area contributed by atoms with E-state index in [0.717, 1.165) is 5.56 Å². The molecule has 0 radical (unpaired) electrons. The van der Waals surface area contributed by atoms with E-state index in [1.807, 2.05) is 0 Å². The van der Waals surface area contributed by atoms with Crippen LogP contribution in [0.25, 0.3) is 0 Å². The standard InChI is InChI=1S/C19H15FN2O3/c1-24-17-4-2-3-16(22-17)19(23)25-18(14-9-11-21-12-10-14)13-5-7-15(20)8-6-13/h2-12,18H,1H3/t18-/m1/s1. The van der Waals surface area contributed by atoms with Crippen molar-refractivity contribution in [2.24, 2.45) is 0 Å². The van der Waals surface area contributed by atoms with Crippen molar-refractivity contribution in [2.45, 2.75) is 6.10 Å². The number of carbonyl (C=O) groups is 1. The monoisotopic (exact) mass is 338 g/mol. The molecule has 2 aromatic heterocycles. The summed E-state index contributed by atoms with van der Waals surface area (Å²) in [6, 6.07) is 14.1. The largest absolute Gasteiger partial charge is 0.481 e. The number of halogens is 1. The molecule has 0 bridgehead atoms. The molecule has 1 atom stereocenters. The molecule has 0 saturated heterocycles. The summed E-state index contributed by atoms with van der Waals surface area (Å²) >= 11 is 0. The average molecular weight is 338 g/mol. The van der Waals surface area contributed by atoms with Crippen LogP contribution in [-0.2, 0) is 4.74 Å². The van der Waals surface area contributed by atoms with Crippen LogP contribution in [0.1, 0.15) is 27.7 Å². The van der Waals surface area contributed by atoms with Gasteiger partial charge in [-0.2, -0.15) is 0 Å². The summed E-state index contributed by atoms with van der Waals surface area (Å²) in [4.78, 5) is 20.5. The maximum absolute atomic E-state index is 13.2. The van der Waals surface area contributed by atoms with Gasteiger partial charge in [0.15, 0.2) is 11.8 Å². The number of carbonyl (C=O) groups excluding carboxylic acids is 1. The second-order valence-electron chi connectivity index (χ2n) is 5.18. The van der Waals surface area contributed by atoms with E-state index in [9.17, 15) is 9.18 Å². The molecule has 0 aliphatic heterocycles. The third kappa shape index (κ3) is 3.98. The van der Waals surface area contributed by atoms with Crippen LogP contribution in [0.5, 0.6) is 5.88 Å². The second kappa shape index (κ2) is 7.53. The highest BCUT2D eigenvalue weighted by atomic mass is 19.1. The Bertz CT molecular complexity index is 854. The van der Waals surface area contributed by atoms with E-state index in [1.54, 1.807) is 54.9 Å². The first-order valence-electron chi connectivity index (χ1n) is 7.55. The highest BCUT2D eigenvalue weighted by molar-refractivity contribution is 5.87. The Morgan fingerprint density at radius 2 is 1.68 bits per heavy atom. The van der Waals surface area contributed by atoms with Crippen LogP contribution >= 0.6 is 0 Å². The molecule has 2 heterocycles. The minimum absolute atomic E-state index is 0.125. The molecule has 0 N–H and O–H groups in total. The minimum atomic E-state index is -0.705. The number of pyridine rings is 2. The van der Waals surface area contributed by atoms with Crippen LogP contribution in [0.4, 0.5) is 4.39 Å². The van der Waals surface area contributed by atoms with Gasteiger partial charge in [-0.3, -0.25) is 4.98 Å². The summed E-state index contributed by atoms with van der Waals surface area (Å²) in [5.41, 5.74) is 1.49. The van der Waals surface area contributed by atoms with E-state index in [-0.39, 0.29) is 11.5 Å². The number of nitrogens with zero attached hydrogens (tertiary/aromatic N) is 2. The van der Waals surface area contributed by atoms with Crippen molar-refractivity contribution < 1.29 is 18.7 Å². The third-order valence-electron chi connectivity index (χ3n) is 3.55. The fraction of sp³-hybridized carbons (Fsp3) is 0.105. The van der Waals surface area contributed by atoms with Gasteiger partial charge >= 0.3 is 5.97 Å². The molecular weight excluding hydrogens is 323 g/mol. The van der Waals surface area contributed by atoms with E-state index in [2.05, 4.69) is 9.97 Å². The molecule has 3 rings (SSSR count). The van der Waals surface area contributed by atoms with Gasteiger partial charge in [0, 0.05) is 24.0 Å². The molecule has 0 amide bonds. The first-order chi connectivity index (χ1) is 12.2. The number of rotatable bonds is 5. The van der Waals surface area contributed by atoms with Crippen LogP contribution in [0.3, 0.4) is 0 Å². The first kappa shape index (κ1) is 16.6. The summed E-state index contributed by atoms with van der Waals surface area (Å²) in [5.74, 6) is -0.653. The highest BCUT2D eigenvalue weighted by Gasteiger charge is 2.21. The fourth-order valence-electron chi connectivity index (χ4n) is 2.31. The van der Waals surface area contributed by atoms with Crippen molar-refractivity contribution in [2.75, 3.05) is 7.11 Å². The molecule has 5 nitrogen and oxygen atoms in total. The van der Waals surface area contributed by atoms with E-state index >= 15 is 0 Å². The lowest BCUT2D eigenvalue weighted by atomic mass is 10.0. The lowest BCUT2D eigenvalue weighted by Crippen LogP contribution is -2.14. The van der Waals surface area contributed by atoms with Crippen LogP contribution in [0.15, 0.2) is 67.0 Å². The molecule has 0 unspecified atom stereocenters. The zero-order chi connectivity index (χ0) is 17.6. The molecule has 0 saturated carbocycles. The molecule has 0 spiro atoms. The summed E-state index contributed by atoms with van der Waals surface area (Å²) in [7, 11) is 1.47. The lowest BCUT2D eigenvalue weighted by Gasteiger charge is -2.18. The minimum Gasteiger partial charge on any atom is -0.481 e. The molecule has 0 fully saturated rings. The molecule has 3 aromatic rings. The molecular formula is C19H15FN2O3. The Balaban J connectivity index is 1.92. The lowest BCUT2D eigenvalue weighted by molar-refractivity contribution is 0.0370. The van der Waals surface area contributed by atoms with Crippen LogP contribution in [0, 0.1) is 5.82 Å². The van der Waals surface area contributed by atoms with Crippen molar-refractivity contribution in [3.8, 4) is 5.88 Å². The van der Waals surface area contributed by atoms with Gasteiger partial charge in [-0.25, -0.2) is 14.2 Å². The number of esters is 1. The first-order valence-corrected chi connectivity index (χ1v) is 7.55. The van der Waals surface area contributed by atoms with Crippen LogP contribution < -0.4 is 4.74 Å². The summed E-state index contributed by atoms with van der Waals surface area (Å²) in [6.07, 6.45) is 2.50. The number of hydrogen-bond acceptors (Lipinski definition) is 5. The van der Waals surface area contributed by atoms with Gasteiger partial charge in [-0.15, -0.1) is 0 Å². The van der Waals surface area contributed by atoms with Crippen molar-refractivity contribution in [3.05, 3.63) is 89.6 Å². The van der Waals surface area contributed by atoms with Gasteiger partial charge in [0.05, 0.1) is 7.11 Å². The van der Waals surface area contributed by atoms with Crippen molar-refractivity contribution >= 4 is 5.97 Å². The Morgan fingerprint density at radius 3 is 2.36 bits per heavy atom. The Hall–Kier alpha value is -3.28. The molecule has 0 aliphatic carbocycles. The van der Waals surface area contributed by atoms with Crippen LogP contribution in [-0.4, -0.2) is 23.0 Å². The SMILES string of the molecule is COc1cccc(C(=O)O[C@@H](c2ccncc2)c2ccc(F)cc2)n1. The van der Waals surface area contributed by atoms with Gasteiger partial charge < -0.3 is 9.47 Å². The molecule has 6 heteroatoms. The quantitative estimate of drug-likeness (QED) is 0.666. The zero-order valence-electron chi connectivity index (χ0n) is 13.4. The third-order valence-corrected chi connectivity index (χ3v) is 3.55. The Kier molecular flexibility index (Phi) is 4.99.